The van der Waals surface area contributed by atoms with Crippen LogP contribution in [-0.4, -0.2) is 30.4 Å². The van der Waals surface area contributed by atoms with Crippen molar-refractivity contribution < 1.29 is 4.79 Å². The van der Waals surface area contributed by atoms with Gasteiger partial charge in [-0.15, -0.1) is 0 Å². The summed E-state index contributed by atoms with van der Waals surface area (Å²) in [5, 5.41) is 3.32. The number of rotatable bonds is 1. The number of hydrogen-bond donors (Lipinski definition) is 1. The average molecular weight is 258 g/mol. The number of aryl methyl sites for hydroxylation is 1. The van der Waals surface area contributed by atoms with Crippen molar-refractivity contribution in [2.75, 3.05) is 19.6 Å². The van der Waals surface area contributed by atoms with Crippen LogP contribution in [0, 0.1) is 5.41 Å². The quantitative estimate of drug-likeness (QED) is 0.835. The van der Waals surface area contributed by atoms with E-state index in [4.69, 9.17) is 0 Å². The molecule has 3 rings (SSSR count). The smallest absolute Gasteiger partial charge is 0.230 e. The van der Waals surface area contributed by atoms with Crippen LogP contribution in [0.5, 0.6) is 0 Å². The Morgan fingerprint density at radius 2 is 2.11 bits per heavy atom. The Morgan fingerprint density at radius 1 is 1.32 bits per heavy atom. The van der Waals surface area contributed by atoms with Gasteiger partial charge in [0.15, 0.2) is 0 Å². The van der Waals surface area contributed by atoms with Crippen molar-refractivity contribution in [2.24, 2.45) is 5.41 Å². The maximum Gasteiger partial charge on any atom is 0.230 e. The predicted molar refractivity (Wildman–Crippen MR) is 75.8 cm³/mol. The molecule has 1 aromatic rings. The summed E-state index contributed by atoms with van der Waals surface area (Å²) < 4.78 is 0. The van der Waals surface area contributed by atoms with Crippen molar-refractivity contribution in [3.05, 3.63) is 35.4 Å². The lowest BCUT2D eigenvalue weighted by atomic mass is 9.88. The Morgan fingerprint density at radius 3 is 2.84 bits per heavy atom. The molecule has 0 radical (unpaired) electrons. The van der Waals surface area contributed by atoms with E-state index >= 15 is 0 Å². The molecule has 0 aromatic heterocycles. The normalized spacial score (nSPS) is 26.9. The number of amides is 1. The lowest BCUT2D eigenvalue weighted by Crippen LogP contribution is -2.43. The minimum Gasteiger partial charge on any atom is -0.338 e. The van der Waals surface area contributed by atoms with Gasteiger partial charge in [-0.3, -0.25) is 4.79 Å². The maximum atomic E-state index is 12.8. The van der Waals surface area contributed by atoms with Gasteiger partial charge in [-0.2, -0.15) is 0 Å². The molecule has 0 spiro atoms. The van der Waals surface area contributed by atoms with Gasteiger partial charge in [0.2, 0.25) is 5.91 Å². The van der Waals surface area contributed by atoms with Crippen molar-refractivity contribution in [2.45, 2.75) is 32.7 Å². The third-order valence-corrected chi connectivity index (χ3v) is 4.53. The molecule has 102 valence electrons. The van der Waals surface area contributed by atoms with Crippen molar-refractivity contribution in [3.8, 4) is 0 Å². The van der Waals surface area contributed by atoms with Crippen LogP contribution >= 0.6 is 0 Å². The highest BCUT2D eigenvalue weighted by atomic mass is 16.2. The zero-order valence-corrected chi connectivity index (χ0v) is 11.6. The second-order valence-electron chi connectivity index (χ2n) is 6.09. The molecule has 0 saturated carbocycles. The summed E-state index contributed by atoms with van der Waals surface area (Å²) in [5.41, 5.74) is 2.54. The molecule has 1 unspecified atom stereocenters. The fourth-order valence-electron chi connectivity index (χ4n) is 3.26. The van der Waals surface area contributed by atoms with E-state index in [0.717, 1.165) is 45.4 Å². The van der Waals surface area contributed by atoms with Gasteiger partial charge in [-0.1, -0.05) is 24.3 Å². The number of carbonyl (C=O) groups is 1. The molecule has 3 heteroatoms. The molecule has 3 nitrogen and oxygen atoms in total. The number of fused-ring (bicyclic) bond motifs is 1. The lowest BCUT2D eigenvalue weighted by Gasteiger charge is -2.30. The molecule has 19 heavy (non-hydrogen) atoms. The molecule has 1 atom stereocenters. The van der Waals surface area contributed by atoms with E-state index in [0.29, 0.717) is 5.91 Å². The third-order valence-electron chi connectivity index (χ3n) is 4.53. The average Bonchev–Trinajstić information content (AvgIpc) is 2.76. The van der Waals surface area contributed by atoms with Crippen molar-refractivity contribution >= 4 is 5.91 Å². The van der Waals surface area contributed by atoms with Gasteiger partial charge >= 0.3 is 0 Å². The van der Waals surface area contributed by atoms with Crippen LogP contribution in [-0.2, 0) is 17.8 Å². The SMILES string of the molecule is CC1(C(=O)N2CCCc3ccccc3C2)CCNC1. The maximum absolute atomic E-state index is 12.8. The number of nitrogens with zero attached hydrogens (tertiary/aromatic N) is 1. The fraction of sp³-hybridized carbons (Fsp3) is 0.562. The minimum absolute atomic E-state index is 0.195. The molecule has 1 aromatic carbocycles. The Balaban J connectivity index is 1.81. The Hall–Kier alpha value is -1.35. The monoisotopic (exact) mass is 258 g/mol. The van der Waals surface area contributed by atoms with Crippen LogP contribution in [0.4, 0.5) is 0 Å². The van der Waals surface area contributed by atoms with Gasteiger partial charge in [0, 0.05) is 19.6 Å². The molecule has 0 bridgehead atoms. The number of nitrogens with one attached hydrogen (secondary N) is 1. The largest absolute Gasteiger partial charge is 0.338 e. The van der Waals surface area contributed by atoms with Gasteiger partial charge < -0.3 is 10.2 Å². The van der Waals surface area contributed by atoms with E-state index in [9.17, 15) is 4.79 Å². The van der Waals surface area contributed by atoms with Gasteiger partial charge in [0.25, 0.3) is 0 Å². The Labute approximate surface area is 115 Å². The second kappa shape index (κ2) is 4.97. The summed E-state index contributed by atoms with van der Waals surface area (Å²) in [6.45, 7) is 5.57. The predicted octanol–water partition coefficient (Wildman–Crippen LogP) is 1.96. The first-order valence-electron chi connectivity index (χ1n) is 7.26. The van der Waals surface area contributed by atoms with Crippen molar-refractivity contribution in [3.63, 3.8) is 0 Å². The molecule has 1 amide bonds. The zero-order valence-electron chi connectivity index (χ0n) is 11.6. The van der Waals surface area contributed by atoms with Crippen molar-refractivity contribution in [1.82, 2.24) is 10.2 Å². The summed E-state index contributed by atoms with van der Waals surface area (Å²) in [4.78, 5) is 14.8. The molecule has 0 aliphatic carbocycles. The molecule has 2 aliphatic rings. The molecule has 2 aliphatic heterocycles. The van der Waals surface area contributed by atoms with Crippen LogP contribution in [0.3, 0.4) is 0 Å². The van der Waals surface area contributed by atoms with E-state index in [-0.39, 0.29) is 5.41 Å². The van der Waals surface area contributed by atoms with Gasteiger partial charge in [-0.25, -0.2) is 0 Å². The highest BCUT2D eigenvalue weighted by molar-refractivity contribution is 5.83. The first-order chi connectivity index (χ1) is 9.19. The van der Waals surface area contributed by atoms with Gasteiger partial charge in [0.1, 0.15) is 0 Å². The first-order valence-corrected chi connectivity index (χ1v) is 7.26. The number of hydrogen-bond acceptors (Lipinski definition) is 2. The zero-order chi connectivity index (χ0) is 13.3. The van der Waals surface area contributed by atoms with Gasteiger partial charge in [-0.05, 0) is 43.9 Å². The van der Waals surface area contributed by atoms with E-state index in [2.05, 4.69) is 41.4 Å². The number of benzene rings is 1. The Bertz CT molecular complexity index is 477. The van der Waals surface area contributed by atoms with Gasteiger partial charge in [0.05, 0.1) is 5.41 Å². The van der Waals surface area contributed by atoms with Crippen LogP contribution in [0.2, 0.25) is 0 Å². The topological polar surface area (TPSA) is 32.3 Å². The molecule has 2 heterocycles. The standard InChI is InChI=1S/C16H22N2O/c1-16(8-9-17-12-16)15(19)18-10-4-7-13-5-2-3-6-14(13)11-18/h2-3,5-6,17H,4,7-12H2,1H3. The minimum atomic E-state index is -0.195. The second-order valence-corrected chi connectivity index (χ2v) is 6.09. The molecule has 1 fully saturated rings. The van der Waals surface area contributed by atoms with E-state index in [1.807, 2.05) is 0 Å². The highest BCUT2D eigenvalue weighted by Crippen LogP contribution is 2.29. The summed E-state index contributed by atoms with van der Waals surface area (Å²) in [5.74, 6) is 0.328. The molecular formula is C16H22N2O. The third kappa shape index (κ3) is 2.39. The van der Waals surface area contributed by atoms with E-state index < -0.39 is 0 Å². The fourth-order valence-corrected chi connectivity index (χ4v) is 3.26. The van der Waals surface area contributed by atoms with E-state index in [1.54, 1.807) is 0 Å². The summed E-state index contributed by atoms with van der Waals surface area (Å²) in [7, 11) is 0. The highest BCUT2D eigenvalue weighted by Gasteiger charge is 2.39. The first kappa shape index (κ1) is 12.7. The van der Waals surface area contributed by atoms with Crippen LogP contribution < -0.4 is 5.32 Å². The molecular weight excluding hydrogens is 236 g/mol. The molecule has 1 N–H and O–H groups in total. The van der Waals surface area contributed by atoms with Crippen LogP contribution in [0.15, 0.2) is 24.3 Å². The van der Waals surface area contributed by atoms with Crippen LogP contribution in [0.1, 0.15) is 30.9 Å². The summed E-state index contributed by atoms with van der Waals surface area (Å²) >= 11 is 0. The van der Waals surface area contributed by atoms with Crippen LogP contribution in [0.25, 0.3) is 0 Å². The Kier molecular flexibility index (Phi) is 3.31. The van der Waals surface area contributed by atoms with E-state index in [1.165, 1.54) is 11.1 Å². The number of carbonyl (C=O) groups excluding carboxylic acids is 1. The molecule has 1 saturated heterocycles. The lowest BCUT2D eigenvalue weighted by molar-refractivity contribution is -0.140. The summed E-state index contributed by atoms with van der Waals surface area (Å²) in [6.07, 6.45) is 3.13. The van der Waals surface area contributed by atoms with Crippen molar-refractivity contribution in [1.29, 1.82) is 0 Å². The summed E-state index contributed by atoms with van der Waals surface area (Å²) in [6, 6.07) is 8.53.